The summed E-state index contributed by atoms with van der Waals surface area (Å²) in [5.41, 5.74) is -0.335. The summed E-state index contributed by atoms with van der Waals surface area (Å²) >= 11 is 0. The van der Waals surface area contributed by atoms with E-state index in [0.717, 1.165) is 22.5 Å². The number of rotatable bonds is 3. The molecule has 0 bridgehead atoms. The molecule has 0 saturated heterocycles. The average Bonchev–Trinajstić information content (AvgIpc) is 2.16. The summed E-state index contributed by atoms with van der Waals surface area (Å²) in [6.45, 7) is 0. The van der Waals surface area contributed by atoms with Crippen molar-refractivity contribution < 1.29 is 23.4 Å². The number of carbonyl (C=O) groups is 1. The Morgan fingerprint density at radius 1 is 1.31 bits per heavy atom. The predicted molar refractivity (Wildman–Crippen MR) is 55.9 cm³/mol. The van der Waals surface area contributed by atoms with E-state index in [2.05, 4.69) is 0 Å². The van der Waals surface area contributed by atoms with Gasteiger partial charge < -0.3 is 10.2 Å². The van der Waals surface area contributed by atoms with E-state index in [9.17, 15) is 18.3 Å². The number of hydrogen-bond donors (Lipinski definition) is 2. The lowest BCUT2D eigenvalue weighted by Gasteiger charge is -2.11. The van der Waals surface area contributed by atoms with Crippen molar-refractivity contribution in [1.29, 1.82) is 0 Å². The minimum Gasteiger partial charge on any atom is -0.507 e. The topological polar surface area (TPSA) is 94.9 Å². The number of aromatic carboxylic acids is 1. The lowest BCUT2D eigenvalue weighted by atomic mass is 10.2. The second kappa shape index (κ2) is 4.11. The highest BCUT2D eigenvalue weighted by Gasteiger charge is 2.20. The van der Waals surface area contributed by atoms with Crippen LogP contribution < -0.4 is 0 Å². The minimum absolute atomic E-state index is 0.153. The third-order valence-corrected chi connectivity index (χ3v) is 3.79. The van der Waals surface area contributed by atoms with Crippen molar-refractivity contribution in [3.05, 3.63) is 23.8 Å². The monoisotopic (exact) mass is 245 g/mol. The molecule has 2 N–H and O–H groups in total. The van der Waals surface area contributed by atoms with Crippen molar-refractivity contribution in [2.24, 2.45) is 0 Å². The van der Waals surface area contributed by atoms with Crippen LogP contribution in [-0.4, -0.2) is 43.0 Å². The van der Waals surface area contributed by atoms with E-state index in [1.54, 1.807) is 0 Å². The van der Waals surface area contributed by atoms with E-state index in [4.69, 9.17) is 5.11 Å². The highest BCUT2D eigenvalue weighted by molar-refractivity contribution is 7.89. The van der Waals surface area contributed by atoms with E-state index >= 15 is 0 Å². The fourth-order valence-corrected chi connectivity index (χ4v) is 1.99. The lowest BCUT2D eigenvalue weighted by molar-refractivity contribution is 0.0693. The lowest BCUT2D eigenvalue weighted by Crippen LogP contribution is -2.22. The van der Waals surface area contributed by atoms with Gasteiger partial charge in [0.1, 0.15) is 11.3 Å². The molecular weight excluding hydrogens is 234 g/mol. The molecule has 16 heavy (non-hydrogen) atoms. The molecule has 1 aromatic rings. The van der Waals surface area contributed by atoms with Crippen molar-refractivity contribution in [2.45, 2.75) is 4.90 Å². The van der Waals surface area contributed by atoms with Crippen molar-refractivity contribution in [3.8, 4) is 5.75 Å². The van der Waals surface area contributed by atoms with Crippen molar-refractivity contribution in [3.63, 3.8) is 0 Å². The number of hydrogen-bond acceptors (Lipinski definition) is 4. The Morgan fingerprint density at radius 2 is 1.88 bits per heavy atom. The number of sulfonamides is 1. The van der Waals surface area contributed by atoms with Crippen molar-refractivity contribution in [1.82, 2.24) is 4.31 Å². The minimum atomic E-state index is -3.66. The fraction of sp³-hybridized carbons (Fsp3) is 0.222. The molecular formula is C9H11NO5S. The smallest absolute Gasteiger partial charge is 0.339 e. The Morgan fingerprint density at radius 3 is 2.25 bits per heavy atom. The van der Waals surface area contributed by atoms with Crippen LogP contribution in [0.25, 0.3) is 0 Å². The standard InChI is InChI=1S/C9H11NO5S/c1-10(2)16(14,15)6-3-4-7(9(12)13)8(11)5-6/h3-5,11H,1-2H3,(H,12,13). The van der Waals surface area contributed by atoms with Gasteiger partial charge in [-0.05, 0) is 12.1 Å². The molecule has 7 heteroatoms. The molecule has 0 aliphatic carbocycles. The van der Waals surface area contributed by atoms with Gasteiger partial charge >= 0.3 is 5.97 Å². The van der Waals surface area contributed by atoms with Crippen LogP contribution in [0.15, 0.2) is 23.1 Å². The van der Waals surface area contributed by atoms with Crippen LogP contribution in [0.4, 0.5) is 0 Å². The second-order valence-corrected chi connectivity index (χ2v) is 5.42. The summed E-state index contributed by atoms with van der Waals surface area (Å²) in [5, 5.41) is 18.0. The Balaban J connectivity index is 3.32. The Hall–Kier alpha value is -1.60. The van der Waals surface area contributed by atoms with Crippen LogP contribution in [0.3, 0.4) is 0 Å². The normalized spacial score (nSPS) is 11.7. The van der Waals surface area contributed by atoms with Crippen molar-refractivity contribution >= 4 is 16.0 Å². The summed E-state index contributed by atoms with van der Waals surface area (Å²) in [6, 6.07) is 3.10. The fourth-order valence-electron chi connectivity index (χ4n) is 1.06. The zero-order valence-electron chi connectivity index (χ0n) is 8.71. The summed E-state index contributed by atoms with van der Waals surface area (Å²) in [6.07, 6.45) is 0. The van der Waals surface area contributed by atoms with Crippen LogP contribution in [0.1, 0.15) is 10.4 Å². The number of nitrogens with zero attached hydrogens (tertiary/aromatic N) is 1. The number of carboxylic acids is 1. The van der Waals surface area contributed by atoms with E-state index in [-0.39, 0.29) is 10.5 Å². The van der Waals surface area contributed by atoms with E-state index < -0.39 is 21.7 Å². The first-order valence-electron chi connectivity index (χ1n) is 4.25. The molecule has 1 rings (SSSR count). The molecule has 0 saturated carbocycles. The highest BCUT2D eigenvalue weighted by atomic mass is 32.2. The van der Waals surface area contributed by atoms with Crippen molar-refractivity contribution in [2.75, 3.05) is 14.1 Å². The van der Waals surface area contributed by atoms with Gasteiger partial charge in [0.05, 0.1) is 4.90 Å². The van der Waals surface area contributed by atoms with Crippen LogP contribution in [0.2, 0.25) is 0 Å². The van der Waals surface area contributed by atoms with Gasteiger partial charge in [0.2, 0.25) is 10.0 Å². The highest BCUT2D eigenvalue weighted by Crippen LogP contribution is 2.23. The molecule has 0 aromatic heterocycles. The van der Waals surface area contributed by atoms with Gasteiger partial charge in [0, 0.05) is 20.2 Å². The van der Waals surface area contributed by atoms with E-state index in [1.165, 1.54) is 14.1 Å². The number of phenols is 1. The molecule has 0 atom stereocenters. The summed E-state index contributed by atoms with van der Waals surface area (Å²) in [4.78, 5) is 10.4. The number of benzene rings is 1. The Bertz CT molecular complexity index is 521. The Labute approximate surface area is 92.8 Å². The molecule has 6 nitrogen and oxygen atoms in total. The molecule has 0 amide bonds. The number of carboxylic acid groups (broad SMARTS) is 1. The summed E-state index contributed by atoms with van der Waals surface area (Å²) in [5.74, 6) is -1.89. The molecule has 0 radical (unpaired) electrons. The average molecular weight is 245 g/mol. The largest absolute Gasteiger partial charge is 0.507 e. The molecule has 0 spiro atoms. The molecule has 0 aliphatic heterocycles. The van der Waals surface area contributed by atoms with Gasteiger partial charge in [0.15, 0.2) is 0 Å². The quantitative estimate of drug-likeness (QED) is 0.800. The maximum Gasteiger partial charge on any atom is 0.339 e. The molecule has 0 fully saturated rings. The zero-order valence-corrected chi connectivity index (χ0v) is 9.52. The predicted octanol–water partition coefficient (Wildman–Crippen LogP) is 0.341. The molecule has 0 unspecified atom stereocenters. The maximum atomic E-state index is 11.6. The third-order valence-electron chi connectivity index (χ3n) is 1.98. The third kappa shape index (κ3) is 2.15. The van der Waals surface area contributed by atoms with Gasteiger partial charge in [-0.3, -0.25) is 0 Å². The van der Waals surface area contributed by atoms with Gasteiger partial charge in [-0.15, -0.1) is 0 Å². The zero-order chi connectivity index (χ0) is 12.5. The molecule has 0 aliphatic rings. The molecule has 1 aromatic carbocycles. The van der Waals surface area contributed by atoms with Crippen LogP contribution in [0.5, 0.6) is 5.75 Å². The molecule has 0 heterocycles. The summed E-state index contributed by atoms with van der Waals surface area (Å²) < 4.78 is 24.2. The van der Waals surface area contributed by atoms with E-state index in [1.807, 2.05) is 0 Å². The van der Waals surface area contributed by atoms with Crippen LogP contribution >= 0.6 is 0 Å². The molecule has 88 valence electrons. The van der Waals surface area contributed by atoms with Gasteiger partial charge in [-0.2, -0.15) is 0 Å². The summed E-state index contributed by atoms with van der Waals surface area (Å²) in [7, 11) is -0.972. The first-order valence-corrected chi connectivity index (χ1v) is 5.69. The number of aromatic hydroxyl groups is 1. The second-order valence-electron chi connectivity index (χ2n) is 3.27. The van der Waals surface area contributed by atoms with Crippen LogP contribution in [0, 0.1) is 0 Å². The first kappa shape index (κ1) is 12.5. The van der Waals surface area contributed by atoms with Gasteiger partial charge in [-0.25, -0.2) is 17.5 Å². The van der Waals surface area contributed by atoms with Crippen LogP contribution in [-0.2, 0) is 10.0 Å². The van der Waals surface area contributed by atoms with Gasteiger partial charge in [0.25, 0.3) is 0 Å². The van der Waals surface area contributed by atoms with Gasteiger partial charge in [-0.1, -0.05) is 0 Å². The van der Waals surface area contributed by atoms with E-state index in [0.29, 0.717) is 0 Å². The maximum absolute atomic E-state index is 11.6. The SMILES string of the molecule is CN(C)S(=O)(=O)c1ccc(C(=O)O)c(O)c1. The first-order chi connectivity index (χ1) is 7.26. The Kier molecular flexibility index (Phi) is 3.20.